The molecule has 0 bridgehead atoms. The molecule has 5 heteroatoms. The highest BCUT2D eigenvalue weighted by molar-refractivity contribution is 5.96. The first kappa shape index (κ1) is 15.0. The molecule has 5 nitrogen and oxygen atoms in total. The zero-order chi connectivity index (χ0) is 15.2. The van der Waals surface area contributed by atoms with Crippen LogP contribution in [0.4, 0.5) is 11.4 Å². The van der Waals surface area contributed by atoms with E-state index in [1.807, 2.05) is 43.1 Å². The zero-order valence-corrected chi connectivity index (χ0v) is 12.3. The summed E-state index contributed by atoms with van der Waals surface area (Å²) in [5.74, 6) is -0.0840. The maximum Gasteiger partial charge on any atom is 0.241 e. The third-order valence-corrected chi connectivity index (χ3v) is 3.41. The van der Waals surface area contributed by atoms with Gasteiger partial charge < -0.3 is 11.1 Å². The molecule has 1 heterocycles. The monoisotopic (exact) mass is 284 g/mol. The highest BCUT2D eigenvalue weighted by Crippen LogP contribution is 2.17. The maximum atomic E-state index is 12.3. The van der Waals surface area contributed by atoms with E-state index in [2.05, 4.69) is 10.3 Å². The second kappa shape index (κ2) is 6.85. The van der Waals surface area contributed by atoms with Crippen molar-refractivity contribution in [3.8, 4) is 0 Å². The predicted octanol–water partition coefficient (Wildman–Crippen LogP) is 2.12. The number of amides is 1. The number of nitrogens with one attached hydrogen (secondary N) is 1. The summed E-state index contributed by atoms with van der Waals surface area (Å²) in [7, 11) is 1.91. The molecular weight excluding hydrogens is 264 g/mol. The van der Waals surface area contributed by atoms with Crippen LogP contribution < -0.4 is 11.1 Å². The Morgan fingerprint density at radius 2 is 2.10 bits per heavy atom. The van der Waals surface area contributed by atoms with Crippen LogP contribution in [0.5, 0.6) is 0 Å². The molecule has 1 atom stereocenters. The van der Waals surface area contributed by atoms with Crippen molar-refractivity contribution >= 4 is 17.3 Å². The Bertz CT molecular complexity index is 600. The van der Waals surface area contributed by atoms with Gasteiger partial charge in [-0.05, 0) is 37.7 Å². The average Bonchev–Trinajstić information content (AvgIpc) is 2.49. The lowest BCUT2D eigenvalue weighted by Crippen LogP contribution is -2.39. The van der Waals surface area contributed by atoms with Gasteiger partial charge in [0.15, 0.2) is 0 Å². The first-order valence-corrected chi connectivity index (χ1v) is 6.82. The third kappa shape index (κ3) is 4.03. The van der Waals surface area contributed by atoms with E-state index in [0.717, 1.165) is 5.56 Å². The van der Waals surface area contributed by atoms with Crippen molar-refractivity contribution in [2.45, 2.75) is 19.5 Å². The number of nitrogen functional groups attached to an aromatic ring is 1. The van der Waals surface area contributed by atoms with Gasteiger partial charge in [-0.3, -0.25) is 14.7 Å². The van der Waals surface area contributed by atoms with E-state index < -0.39 is 0 Å². The Morgan fingerprint density at radius 3 is 2.76 bits per heavy atom. The van der Waals surface area contributed by atoms with E-state index in [1.54, 1.807) is 24.5 Å². The van der Waals surface area contributed by atoms with Gasteiger partial charge in [0.25, 0.3) is 0 Å². The summed E-state index contributed by atoms with van der Waals surface area (Å²) in [4.78, 5) is 18.3. The van der Waals surface area contributed by atoms with Gasteiger partial charge in [-0.15, -0.1) is 0 Å². The van der Waals surface area contributed by atoms with Crippen LogP contribution in [0, 0.1) is 0 Å². The van der Waals surface area contributed by atoms with Gasteiger partial charge in [0.05, 0.1) is 17.4 Å². The molecule has 0 fully saturated rings. The Balaban J connectivity index is 1.97. The fourth-order valence-electron chi connectivity index (χ4n) is 1.96. The normalized spacial score (nSPS) is 12.1. The maximum absolute atomic E-state index is 12.3. The molecule has 2 aromatic rings. The summed E-state index contributed by atoms with van der Waals surface area (Å²) in [6.45, 7) is 2.53. The fourth-order valence-corrected chi connectivity index (χ4v) is 1.96. The van der Waals surface area contributed by atoms with Crippen LogP contribution in [0.15, 0.2) is 48.8 Å². The molecule has 21 heavy (non-hydrogen) atoms. The van der Waals surface area contributed by atoms with E-state index in [0.29, 0.717) is 17.9 Å². The number of pyridine rings is 1. The summed E-state index contributed by atoms with van der Waals surface area (Å²) < 4.78 is 0. The van der Waals surface area contributed by atoms with Gasteiger partial charge in [0, 0.05) is 18.9 Å². The molecular formula is C16H20N4O. The number of nitrogens with two attached hydrogens (primary N) is 1. The lowest BCUT2D eigenvalue weighted by atomic mass is 10.2. The van der Waals surface area contributed by atoms with E-state index in [1.165, 1.54) is 0 Å². The van der Waals surface area contributed by atoms with Crippen LogP contribution >= 0.6 is 0 Å². The third-order valence-electron chi connectivity index (χ3n) is 3.41. The van der Waals surface area contributed by atoms with Crippen LogP contribution in [-0.2, 0) is 11.3 Å². The van der Waals surface area contributed by atoms with Crippen LogP contribution in [-0.4, -0.2) is 28.9 Å². The lowest BCUT2D eigenvalue weighted by Gasteiger charge is -2.24. The summed E-state index contributed by atoms with van der Waals surface area (Å²) in [6, 6.07) is 10.8. The second-order valence-corrected chi connectivity index (χ2v) is 5.03. The molecule has 0 aliphatic rings. The smallest absolute Gasteiger partial charge is 0.241 e. The van der Waals surface area contributed by atoms with E-state index in [4.69, 9.17) is 5.73 Å². The summed E-state index contributed by atoms with van der Waals surface area (Å²) >= 11 is 0. The topological polar surface area (TPSA) is 71.2 Å². The van der Waals surface area contributed by atoms with Gasteiger partial charge in [0.1, 0.15) is 0 Å². The lowest BCUT2D eigenvalue weighted by molar-refractivity contribution is -0.120. The molecule has 0 radical (unpaired) electrons. The molecule has 1 aromatic carbocycles. The molecule has 1 aromatic heterocycles. The van der Waals surface area contributed by atoms with Crippen LogP contribution in [0.1, 0.15) is 12.5 Å². The van der Waals surface area contributed by atoms with Gasteiger partial charge in [0.2, 0.25) is 5.91 Å². The summed E-state index contributed by atoms with van der Waals surface area (Å²) in [5, 5.41) is 2.86. The van der Waals surface area contributed by atoms with Crippen molar-refractivity contribution in [3.63, 3.8) is 0 Å². The number of benzene rings is 1. The molecule has 110 valence electrons. The average molecular weight is 284 g/mol. The first-order valence-electron chi connectivity index (χ1n) is 6.82. The summed E-state index contributed by atoms with van der Waals surface area (Å²) in [5.41, 5.74) is 8.11. The number of aromatic nitrogens is 1. The molecule has 0 aliphatic heterocycles. The number of hydrogen-bond acceptors (Lipinski definition) is 4. The summed E-state index contributed by atoms with van der Waals surface area (Å²) in [6.07, 6.45) is 3.54. The zero-order valence-electron chi connectivity index (χ0n) is 12.3. The van der Waals surface area contributed by atoms with Gasteiger partial charge >= 0.3 is 0 Å². The number of nitrogens with zero attached hydrogens (tertiary/aromatic N) is 2. The molecule has 1 unspecified atom stereocenters. The number of carbonyl (C=O) groups is 1. The Labute approximate surface area is 124 Å². The second-order valence-electron chi connectivity index (χ2n) is 5.03. The largest absolute Gasteiger partial charge is 0.397 e. The standard InChI is InChI=1S/C16H20N4O/c1-12(20(2)11-13-6-5-9-18-10-13)16(21)19-15-8-4-3-7-14(15)17/h3-10,12H,11,17H2,1-2H3,(H,19,21). The van der Waals surface area contributed by atoms with Crippen molar-refractivity contribution < 1.29 is 4.79 Å². The number of rotatable bonds is 5. The van der Waals surface area contributed by atoms with Crippen molar-refractivity contribution in [2.75, 3.05) is 18.1 Å². The predicted molar refractivity (Wildman–Crippen MR) is 84.7 cm³/mol. The van der Waals surface area contributed by atoms with Crippen LogP contribution in [0.3, 0.4) is 0 Å². The number of para-hydroxylation sites is 2. The molecule has 2 rings (SSSR count). The Kier molecular flexibility index (Phi) is 4.90. The molecule has 0 aliphatic carbocycles. The van der Waals surface area contributed by atoms with Crippen molar-refractivity contribution in [2.24, 2.45) is 0 Å². The van der Waals surface area contributed by atoms with E-state index in [9.17, 15) is 4.79 Å². The van der Waals surface area contributed by atoms with E-state index in [-0.39, 0.29) is 11.9 Å². The minimum atomic E-state index is -0.273. The highest BCUT2D eigenvalue weighted by atomic mass is 16.2. The minimum absolute atomic E-state index is 0.0840. The van der Waals surface area contributed by atoms with Gasteiger partial charge in [-0.25, -0.2) is 0 Å². The van der Waals surface area contributed by atoms with E-state index >= 15 is 0 Å². The van der Waals surface area contributed by atoms with Crippen LogP contribution in [0.25, 0.3) is 0 Å². The number of hydrogen-bond donors (Lipinski definition) is 2. The molecule has 0 saturated heterocycles. The van der Waals surface area contributed by atoms with Crippen molar-refractivity contribution in [3.05, 3.63) is 54.4 Å². The van der Waals surface area contributed by atoms with Crippen molar-refractivity contribution in [1.29, 1.82) is 0 Å². The van der Waals surface area contributed by atoms with Crippen molar-refractivity contribution in [1.82, 2.24) is 9.88 Å². The van der Waals surface area contributed by atoms with Gasteiger partial charge in [-0.1, -0.05) is 18.2 Å². The quantitative estimate of drug-likeness (QED) is 0.825. The number of anilines is 2. The Morgan fingerprint density at radius 1 is 1.33 bits per heavy atom. The SMILES string of the molecule is CC(C(=O)Nc1ccccc1N)N(C)Cc1cccnc1. The molecule has 0 spiro atoms. The Hall–Kier alpha value is -2.40. The minimum Gasteiger partial charge on any atom is -0.397 e. The highest BCUT2D eigenvalue weighted by Gasteiger charge is 2.18. The fraction of sp³-hybridized carbons (Fsp3) is 0.250. The first-order chi connectivity index (χ1) is 10.1. The molecule has 3 N–H and O–H groups in total. The number of carbonyl (C=O) groups excluding carboxylic acids is 1. The number of likely N-dealkylation sites (N-methyl/N-ethyl adjacent to an activating group) is 1. The van der Waals surface area contributed by atoms with Gasteiger partial charge in [-0.2, -0.15) is 0 Å². The molecule has 0 saturated carbocycles. The molecule has 1 amide bonds. The van der Waals surface area contributed by atoms with Crippen LogP contribution in [0.2, 0.25) is 0 Å².